The molecule has 3 rings (SSSR count). The number of nitrogens with one attached hydrogen (secondary N) is 1. The van der Waals surface area contributed by atoms with Crippen LogP contribution in [0.4, 0.5) is 13.9 Å². The van der Waals surface area contributed by atoms with Gasteiger partial charge in [-0.1, -0.05) is 11.3 Å². The van der Waals surface area contributed by atoms with Gasteiger partial charge < -0.3 is 10.1 Å². The van der Waals surface area contributed by atoms with Crippen molar-refractivity contribution in [2.45, 2.75) is 20.1 Å². The highest BCUT2D eigenvalue weighted by molar-refractivity contribution is 9.10. The zero-order valence-corrected chi connectivity index (χ0v) is 14.7. The van der Waals surface area contributed by atoms with Gasteiger partial charge in [-0.2, -0.15) is 13.9 Å². The monoisotopic (exact) mass is 416 g/mol. The van der Waals surface area contributed by atoms with E-state index in [1.807, 2.05) is 6.92 Å². The van der Waals surface area contributed by atoms with E-state index in [4.69, 9.17) is 0 Å². The Kier molecular flexibility index (Phi) is 4.76. The number of anilines is 1. The lowest BCUT2D eigenvalue weighted by Crippen LogP contribution is -2.20. The number of amides is 1. The second-order valence-corrected chi connectivity index (χ2v) is 6.70. The maximum Gasteiger partial charge on any atom is 0.387 e. The third kappa shape index (κ3) is 3.70. The molecule has 0 radical (unpaired) electrons. The Morgan fingerprint density at radius 1 is 1.50 bits per heavy atom. The van der Waals surface area contributed by atoms with Crippen LogP contribution >= 0.6 is 27.3 Å². The number of hydrogen-bond acceptors (Lipinski definition) is 5. The van der Waals surface area contributed by atoms with E-state index in [0.717, 1.165) is 10.2 Å². The predicted molar refractivity (Wildman–Crippen MR) is 89.5 cm³/mol. The summed E-state index contributed by atoms with van der Waals surface area (Å²) in [4.78, 5) is 16.3. The highest BCUT2D eigenvalue weighted by atomic mass is 79.9. The van der Waals surface area contributed by atoms with Gasteiger partial charge in [0, 0.05) is 0 Å². The van der Waals surface area contributed by atoms with Gasteiger partial charge in [0.1, 0.15) is 12.3 Å². The summed E-state index contributed by atoms with van der Waals surface area (Å²) in [6.45, 7) is -0.995. The molecule has 10 heteroatoms. The molecular weight excluding hydrogens is 406 g/mol. The van der Waals surface area contributed by atoms with Crippen LogP contribution in [0.15, 0.2) is 28.9 Å². The normalized spacial score (nSPS) is 11.2. The summed E-state index contributed by atoms with van der Waals surface area (Å²) in [6.07, 6.45) is 1.62. The maximum atomic E-state index is 12.2. The molecule has 1 amide bonds. The number of aromatic nitrogens is 3. The van der Waals surface area contributed by atoms with Crippen LogP contribution in [0.3, 0.4) is 0 Å². The first kappa shape index (κ1) is 16.8. The Morgan fingerprint density at radius 2 is 2.29 bits per heavy atom. The summed E-state index contributed by atoms with van der Waals surface area (Å²) < 4.78 is 31.8. The van der Waals surface area contributed by atoms with Crippen LogP contribution in [0, 0.1) is 6.92 Å². The van der Waals surface area contributed by atoms with Crippen LogP contribution in [-0.4, -0.2) is 27.3 Å². The van der Waals surface area contributed by atoms with E-state index in [1.54, 1.807) is 16.9 Å². The minimum Gasteiger partial charge on any atom is -0.435 e. The minimum absolute atomic E-state index is 0.0487. The smallest absolute Gasteiger partial charge is 0.387 e. The molecule has 6 nitrogen and oxygen atoms in total. The molecule has 0 atom stereocenters. The van der Waals surface area contributed by atoms with E-state index in [1.165, 1.54) is 23.5 Å². The Balaban J connectivity index is 1.72. The van der Waals surface area contributed by atoms with Crippen molar-refractivity contribution in [1.82, 2.24) is 14.8 Å². The molecule has 0 aliphatic carbocycles. The Bertz CT molecular complexity index is 896. The Hall–Kier alpha value is -2.07. The summed E-state index contributed by atoms with van der Waals surface area (Å²) in [6, 6.07) is 4.43. The molecule has 24 heavy (non-hydrogen) atoms. The fourth-order valence-corrected chi connectivity index (χ4v) is 3.22. The first-order valence-electron chi connectivity index (χ1n) is 6.75. The molecule has 0 aliphatic rings. The molecule has 0 bridgehead atoms. The molecule has 0 aliphatic heterocycles. The maximum absolute atomic E-state index is 12.2. The topological polar surface area (TPSA) is 69.0 Å². The summed E-state index contributed by atoms with van der Waals surface area (Å²) in [7, 11) is 0. The van der Waals surface area contributed by atoms with Gasteiger partial charge >= 0.3 is 6.61 Å². The lowest BCUT2D eigenvalue weighted by atomic mass is 10.3. The van der Waals surface area contributed by atoms with Gasteiger partial charge in [-0.15, -0.1) is 0 Å². The summed E-state index contributed by atoms with van der Waals surface area (Å²) in [5.41, 5.74) is 1.43. The fraction of sp³-hybridized carbons (Fsp3) is 0.214. The summed E-state index contributed by atoms with van der Waals surface area (Å²) in [5.74, 6) is -0.229. The SMILES string of the molecule is Cc1c(Br)cnn1CC(=O)Nc1nc2ccc(OC(F)F)cc2s1. The van der Waals surface area contributed by atoms with Crippen molar-refractivity contribution in [2.24, 2.45) is 0 Å². The molecule has 0 saturated heterocycles. The van der Waals surface area contributed by atoms with Crippen molar-refractivity contribution in [1.29, 1.82) is 0 Å². The second-order valence-electron chi connectivity index (χ2n) is 4.81. The lowest BCUT2D eigenvalue weighted by molar-refractivity contribution is -0.116. The number of alkyl halides is 2. The fourth-order valence-electron chi connectivity index (χ4n) is 2.01. The largest absolute Gasteiger partial charge is 0.435 e. The molecule has 0 spiro atoms. The van der Waals surface area contributed by atoms with Crippen LogP contribution in [0.2, 0.25) is 0 Å². The number of carbonyl (C=O) groups is 1. The van der Waals surface area contributed by atoms with Crippen LogP contribution in [0.25, 0.3) is 10.2 Å². The van der Waals surface area contributed by atoms with Gasteiger partial charge in [-0.3, -0.25) is 9.48 Å². The second kappa shape index (κ2) is 6.81. The Labute approximate surface area is 147 Å². The number of hydrogen-bond donors (Lipinski definition) is 1. The van der Waals surface area contributed by atoms with Crippen LogP contribution in [0.1, 0.15) is 5.69 Å². The molecule has 3 aromatic rings. The predicted octanol–water partition coefficient (Wildman–Crippen LogP) is 3.80. The van der Waals surface area contributed by atoms with Crippen molar-refractivity contribution >= 4 is 48.5 Å². The number of rotatable bonds is 5. The van der Waals surface area contributed by atoms with Crippen molar-refractivity contribution in [3.63, 3.8) is 0 Å². The van der Waals surface area contributed by atoms with Crippen molar-refractivity contribution in [2.75, 3.05) is 5.32 Å². The number of thiazole rings is 1. The van der Waals surface area contributed by atoms with Gasteiger partial charge in [-0.25, -0.2) is 4.98 Å². The van der Waals surface area contributed by atoms with E-state index in [9.17, 15) is 13.6 Å². The lowest BCUT2D eigenvalue weighted by Gasteiger charge is -2.04. The van der Waals surface area contributed by atoms with Gasteiger partial charge in [0.25, 0.3) is 0 Å². The third-order valence-corrected chi connectivity index (χ3v) is 4.88. The van der Waals surface area contributed by atoms with Gasteiger partial charge in [0.15, 0.2) is 5.13 Å². The molecule has 0 fully saturated rings. The average Bonchev–Trinajstić information content (AvgIpc) is 3.03. The molecule has 1 aromatic carbocycles. The zero-order chi connectivity index (χ0) is 17.3. The minimum atomic E-state index is -2.88. The number of carbonyl (C=O) groups excluding carboxylic acids is 1. The number of nitrogens with zero attached hydrogens (tertiary/aromatic N) is 3. The van der Waals surface area contributed by atoms with E-state index in [2.05, 4.69) is 36.1 Å². The number of benzene rings is 1. The summed E-state index contributed by atoms with van der Waals surface area (Å²) >= 11 is 4.51. The van der Waals surface area contributed by atoms with Gasteiger partial charge in [0.2, 0.25) is 5.91 Å². The first-order valence-corrected chi connectivity index (χ1v) is 8.36. The third-order valence-electron chi connectivity index (χ3n) is 3.17. The van der Waals surface area contributed by atoms with E-state index in [-0.39, 0.29) is 18.2 Å². The molecule has 126 valence electrons. The van der Waals surface area contributed by atoms with E-state index < -0.39 is 6.61 Å². The molecule has 2 heterocycles. The molecule has 0 unspecified atom stereocenters. The van der Waals surface area contributed by atoms with E-state index in [0.29, 0.717) is 15.3 Å². The molecule has 1 N–H and O–H groups in total. The highest BCUT2D eigenvalue weighted by Gasteiger charge is 2.12. The van der Waals surface area contributed by atoms with Crippen molar-refractivity contribution in [3.05, 3.63) is 34.6 Å². The van der Waals surface area contributed by atoms with Crippen LogP contribution in [-0.2, 0) is 11.3 Å². The van der Waals surface area contributed by atoms with Crippen molar-refractivity contribution < 1.29 is 18.3 Å². The Morgan fingerprint density at radius 3 is 2.96 bits per heavy atom. The van der Waals surface area contributed by atoms with Crippen LogP contribution < -0.4 is 10.1 Å². The number of fused-ring (bicyclic) bond motifs is 1. The quantitative estimate of drug-likeness (QED) is 0.686. The first-order chi connectivity index (χ1) is 11.4. The van der Waals surface area contributed by atoms with E-state index >= 15 is 0 Å². The molecule has 2 aromatic heterocycles. The van der Waals surface area contributed by atoms with Crippen LogP contribution in [0.5, 0.6) is 5.75 Å². The van der Waals surface area contributed by atoms with Gasteiger partial charge in [-0.05, 0) is 41.1 Å². The average molecular weight is 417 g/mol. The molecular formula is C14H11BrF2N4O2S. The molecule has 0 saturated carbocycles. The zero-order valence-electron chi connectivity index (χ0n) is 12.3. The number of halogens is 3. The number of ether oxygens (including phenoxy) is 1. The highest BCUT2D eigenvalue weighted by Crippen LogP contribution is 2.29. The summed E-state index contributed by atoms with van der Waals surface area (Å²) in [5, 5.41) is 7.15. The standard InChI is InChI=1S/C14H11BrF2N4O2S/c1-7-9(15)5-18-21(7)6-12(22)20-14-19-10-3-2-8(23-13(16)17)4-11(10)24-14/h2-5,13H,6H2,1H3,(H,19,20,22). The van der Waals surface area contributed by atoms with Gasteiger partial charge in [0.05, 0.1) is 26.6 Å². The van der Waals surface area contributed by atoms with Crippen molar-refractivity contribution in [3.8, 4) is 5.75 Å².